The first-order chi connectivity index (χ1) is 5.55. The molecule has 0 heterocycles. The second kappa shape index (κ2) is 3.92. The second-order valence-corrected chi connectivity index (χ2v) is 5.53. The van der Waals surface area contributed by atoms with E-state index >= 15 is 0 Å². The van der Waals surface area contributed by atoms with Gasteiger partial charge in [0.1, 0.15) is 0 Å². The summed E-state index contributed by atoms with van der Waals surface area (Å²) < 4.78 is 0. The standard InChI is InChI=1S/C10H23NSi/c1-10(2,3)11(8-12)9-6-4-5-7-9/h9H,4-8H2,1-3,12H3. The molecule has 0 bridgehead atoms. The molecule has 1 aliphatic carbocycles. The van der Waals surface area contributed by atoms with Gasteiger partial charge in [0.25, 0.3) is 0 Å². The Morgan fingerprint density at radius 1 is 1.25 bits per heavy atom. The van der Waals surface area contributed by atoms with Crippen LogP contribution in [0.2, 0.25) is 0 Å². The van der Waals surface area contributed by atoms with Crippen LogP contribution in [0.5, 0.6) is 0 Å². The average molecular weight is 185 g/mol. The molecule has 1 rings (SSSR count). The van der Waals surface area contributed by atoms with E-state index in [9.17, 15) is 0 Å². The summed E-state index contributed by atoms with van der Waals surface area (Å²) in [5.74, 6) is 0. The molecule has 0 spiro atoms. The van der Waals surface area contributed by atoms with Crippen molar-refractivity contribution in [1.29, 1.82) is 0 Å². The van der Waals surface area contributed by atoms with Gasteiger partial charge in [-0.3, -0.25) is 4.90 Å². The highest BCUT2D eigenvalue weighted by Gasteiger charge is 2.28. The monoisotopic (exact) mass is 185 g/mol. The van der Waals surface area contributed by atoms with Crippen LogP contribution in [-0.4, -0.2) is 32.9 Å². The first kappa shape index (κ1) is 10.3. The van der Waals surface area contributed by atoms with Crippen molar-refractivity contribution in [3.05, 3.63) is 0 Å². The highest BCUT2D eigenvalue weighted by atomic mass is 28.1. The van der Waals surface area contributed by atoms with Crippen LogP contribution in [-0.2, 0) is 0 Å². The maximum Gasteiger partial charge on any atom is 0.0205 e. The summed E-state index contributed by atoms with van der Waals surface area (Å²) >= 11 is 0. The van der Waals surface area contributed by atoms with Crippen molar-refractivity contribution in [3.8, 4) is 0 Å². The summed E-state index contributed by atoms with van der Waals surface area (Å²) in [5, 5.41) is 0. The van der Waals surface area contributed by atoms with E-state index in [0.717, 1.165) is 6.04 Å². The van der Waals surface area contributed by atoms with E-state index < -0.39 is 0 Å². The van der Waals surface area contributed by atoms with Gasteiger partial charge < -0.3 is 0 Å². The van der Waals surface area contributed by atoms with Crippen molar-refractivity contribution in [2.45, 2.75) is 58.0 Å². The summed E-state index contributed by atoms with van der Waals surface area (Å²) in [7, 11) is 1.31. The molecule has 0 N–H and O–H groups in total. The van der Waals surface area contributed by atoms with Gasteiger partial charge in [0.05, 0.1) is 0 Å². The first-order valence-corrected chi connectivity index (χ1v) is 6.74. The van der Waals surface area contributed by atoms with E-state index in [1.54, 1.807) is 0 Å². The summed E-state index contributed by atoms with van der Waals surface area (Å²) in [5.41, 5.74) is 0.400. The molecule has 2 heteroatoms. The molecular weight excluding hydrogens is 162 g/mol. The Morgan fingerprint density at radius 3 is 2.08 bits per heavy atom. The van der Waals surface area contributed by atoms with E-state index in [-0.39, 0.29) is 0 Å². The first-order valence-electron chi connectivity index (χ1n) is 5.32. The van der Waals surface area contributed by atoms with E-state index in [2.05, 4.69) is 25.7 Å². The fourth-order valence-electron chi connectivity index (χ4n) is 2.50. The van der Waals surface area contributed by atoms with Crippen LogP contribution in [0, 0.1) is 0 Å². The predicted octanol–water partition coefficient (Wildman–Crippen LogP) is 1.35. The van der Waals surface area contributed by atoms with Gasteiger partial charge in [0.2, 0.25) is 0 Å². The van der Waals surface area contributed by atoms with Crippen molar-refractivity contribution in [2.24, 2.45) is 0 Å². The van der Waals surface area contributed by atoms with Gasteiger partial charge in [0.15, 0.2) is 0 Å². The zero-order chi connectivity index (χ0) is 9.19. The molecule has 0 atom stereocenters. The molecule has 12 heavy (non-hydrogen) atoms. The van der Waals surface area contributed by atoms with Gasteiger partial charge in [-0.05, 0) is 39.8 Å². The molecule has 72 valence electrons. The minimum Gasteiger partial charge on any atom is -0.299 e. The molecule has 0 aromatic rings. The molecule has 0 aromatic heterocycles. The number of nitrogens with zero attached hydrogens (tertiary/aromatic N) is 1. The molecule has 0 unspecified atom stereocenters. The Bertz CT molecular complexity index is 133. The lowest BCUT2D eigenvalue weighted by Crippen LogP contribution is -2.47. The maximum atomic E-state index is 2.71. The Balaban J connectivity index is 2.54. The maximum absolute atomic E-state index is 2.71. The van der Waals surface area contributed by atoms with Crippen LogP contribution in [0.25, 0.3) is 0 Å². The molecule has 0 radical (unpaired) electrons. The highest BCUT2D eigenvalue weighted by molar-refractivity contribution is 6.08. The van der Waals surface area contributed by atoms with E-state index in [0.29, 0.717) is 5.54 Å². The van der Waals surface area contributed by atoms with E-state index in [1.807, 2.05) is 0 Å². The molecular formula is C10H23NSi. The minimum atomic E-state index is 0.400. The van der Waals surface area contributed by atoms with Crippen LogP contribution in [0.3, 0.4) is 0 Å². The second-order valence-electron chi connectivity index (χ2n) is 4.90. The van der Waals surface area contributed by atoms with Crippen LogP contribution in [0.1, 0.15) is 46.5 Å². The molecule has 1 saturated carbocycles. The quantitative estimate of drug-likeness (QED) is 0.587. The van der Waals surface area contributed by atoms with Crippen molar-refractivity contribution in [1.82, 2.24) is 4.90 Å². The Kier molecular flexibility index (Phi) is 3.35. The molecule has 0 aliphatic heterocycles. The van der Waals surface area contributed by atoms with Gasteiger partial charge in [-0.15, -0.1) is 0 Å². The average Bonchev–Trinajstić information content (AvgIpc) is 2.38. The molecule has 0 aromatic carbocycles. The Hall–Kier alpha value is 0.177. The fourth-order valence-corrected chi connectivity index (χ4v) is 3.96. The lowest BCUT2D eigenvalue weighted by molar-refractivity contribution is 0.108. The van der Waals surface area contributed by atoms with Crippen LogP contribution in [0.4, 0.5) is 0 Å². The van der Waals surface area contributed by atoms with Crippen molar-refractivity contribution < 1.29 is 0 Å². The van der Waals surface area contributed by atoms with Crippen LogP contribution in [0.15, 0.2) is 0 Å². The van der Waals surface area contributed by atoms with E-state index in [1.165, 1.54) is 42.1 Å². The number of hydrogen-bond donors (Lipinski definition) is 0. The van der Waals surface area contributed by atoms with Gasteiger partial charge in [0, 0.05) is 21.8 Å². The predicted molar refractivity (Wildman–Crippen MR) is 58.7 cm³/mol. The minimum absolute atomic E-state index is 0.400. The van der Waals surface area contributed by atoms with Crippen LogP contribution >= 0.6 is 0 Å². The van der Waals surface area contributed by atoms with Crippen molar-refractivity contribution >= 4 is 10.2 Å². The SMILES string of the molecule is CC(C)(C)N(C[SiH3])C1CCCC1. The summed E-state index contributed by atoms with van der Waals surface area (Å²) in [6.07, 6.45) is 7.14. The molecule has 0 amide bonds. The van der Waals surface area contributed by atoms with Gasteiger partial charge in [-0.1, -0.05) is 12.8 Å². The summed E-state index contributed by atoms with van der Waals surface area (Å²) in [4.78, 5) is 2.71. The third-order valence-electron chi connectivity index (χ3n) is 2.97. The smallest absolute Gasteiger partial charge is 0.0205 e. The summed E-state index contributed by atoms with van der Waals surface area (Å²) in [6, 6.07) is 0.905. The zero-order valence-corrected chi connectivity index (χ0v) is 11.1. The number of rotatable bonds is 2. The largest absolute Gasteiger partial charge is 0.299 e. The van der Waals surface area contributed by atoms with Crippen LogP contribution < -0.4 is 0 Å². The normalized spacial score (nSPS) is 21.0. The third kappa shape index (κ3) is 2.33. The van der Waals surface area contributed by atoms with Crippen molar-refractivity contribution in [3.63, 3.8) is 0 Å². The number of hydrogen-bond acceptors (Lipinski definition) is 1. The lowest BCUT2D eigenvalue weighted by Gasteiger charge is -2.39. The topological polar surface area (TPSA) is 3.24 Å². The third-order valence-corrected chi connectivity index (χ3v) is 3.65. The molecule has 1 nitrogen and oxygen atoms in total. The van der Waals surface area contributed by atoms with Gasteiger partial charge in [-0.2, -0.15) is 0 Å². The highest BCUT2D eigenvalue weighted by Crippen LogP contribution is 2.28. The molecule has 1 aliphatic rings. The zero-order valence-electron chi connectivity index (χ0n) is 9.06. The Morgan fingerprint density at radius 2 is 1.75 bits per heavy atom. The molecule has 1 fully saturated rings. The molecule has 0 saturated heterocycles. The van der Waals surface area contributed by atoms with Crippen molar-refractivity contribution in [2.75, 3.05) is 6.17 Å². The van der Waals surface area contributed by atoms with Gasteiger partial charge >= 0.3 is 0 Å². The lowest BCUT2D eigenvalue weighted by atomic mass is 10.0. The van der Waals surface area contributed by atoms with E-state index in [4.69, 9.17) is 0 Å². The van der Waals surface area contributed by atoms with Gasteiger partial charge in [-0.25, -0.2) is 0 Å². The Labute approximate surface area is 79.9 Å². The summed E-state index contributed by atoms with van der Waals surface area (Å²) in [6.45, 7) is 7.05. The fraction of sp³-hybridized carbons (Fsp3) is 1.00.